The first-order valence-corrected chi connectivity index (χ1v) is 6.64. The molecule has 5 nitrogen and oxygen atoms in total. The molecule has 1 fully saturated rings. The van der Waals surface area contributed by atoms with Crippen LogP contribution in [0.4, 0.5) is 14.9 Å². The van der Waals surface area contributed by atoms with Crippen LogP contribution in [0.1, 0.15) is 19.3 Å². The lowest BCUT2D eigenvalue weighted by molar-refractivity contribution is 0.177. The Kier molecular flexibility index (Phi) is 4.79. The fourth-order valence-corrected chi connectivity index (χ4v) is 2.40. The van der Waals surface area contributed by atoms with Crippen molar-refractivity contribution in [1.29, 1.82) is 0 Å². The van der Waals surface area contributed by atoms with Gasteiger partial charge in [0.15, 0.2) is 0 Å². The van der Waals surface area contributed by atoms with Crippen LogP contribution in [0.5, 0.6) is 5.75 Å². The monoisotopic (exact) mass is 282 g/mol. The third-order valence-corrected chi connectivity index (χ3v) is 3.43. The number of benzene rings is 1. The number of amides is 2. The van der Waals surface area contributed by atoms with Gasteiger partial charge in [0, 0.05) is 24.4 Å². The van der Waals surface area contributed by atoms with Crippen molar-refractivity contribution in [3.63, 3.8) is 0 Å². The van der Waals surface area contributed by atoms with E-state index in [0.717, 1.165) is 12.8 Å². The predicted molar refractivity (Wildman–Crippen MR) is 73.3 cm³/mol. The first-order valence-electron chi connectivity index (χ1n) is 6.64. The summed E-state index contributed by atoms with van der Waals surface area (Å²) in [6.45, 7) is 0.509. The molecule has 2 unspecified atom stereocenters. The van der Waals surface area contributed by atoms with Crippen molar-refractivity contribution in [2.24, 2.45) is 5.92 Å². The molecule has 0 saturated heterocycles. The Morgan fingerprint density at radius 3 is 2.90 bits per heavy atom. The lowest BCUT2D eigenvalue weighted by Crippen LogP contribution is -2.32. The molecule has 110 valence electrons. The summed E-state index contributed by atoms with van der Waals surface area (Å²) in [6.07, 6.45) is 2.16. The molecule has 6 heteroatoms. The Morgan fingerprint density at radius 1 is 1.45 bits per heavy atom. The van der Waals surface area contributed by atoms with E-state index in [4.69, 9.17) is 4.74 Å². The Labute approximate surface area is 117 Å². The van der Waals surface area contributed by atoms with Gasteiger partial charge in [-0.25, -0.2) is 9.18 Å². The van der Waals surface area contributed by atoms with Crippen LogP contribution in [-0.4, -0.2) is 30.9 Å². The number of aliphatic hydroxyl groups excluding tert-OH is 1. The molecule has 2 rings (SSSR count). The maximum Gasteiger partial charge on any atom is 0.319 e. The zero-order valence-corrected chi connectivity index (χ0v) is 11.4. The third-order valence-electron chi connectivity index (χ3n) is 3.43. The van der Waals surface area contributed by atoms with E-state index in [9.17, 15) is 14.3 Å². The van der Waals surface area contributed by atoms with Crippen LogP contribution in [-0.2, 0) is 0 Å². The molecule has 1 aromatic rings. The molecule has 0 aromatic heterocycles. The second-order valence-electron chi connectivity index (χ2n) is 5.05. The number of carbonyl (C=O) groups is 1. The van der Waals surface area contributed by atoms with Crippen LogP contribution in [0.25, 0.3) is 0 Å². The van der Waals surface area contributed by atoms with E-state index in [-0.39, 0.29) is 12.1 Å². The molecule has 0 radical (unpaired) electrons. The first-order chi connectivity index (χ1) is 9.56. The predicted octanol–water partition coefficient (Wildman–Crippen LogP) is 2.12. The van der Waals surface area contributed by atoms with Crippen LogP contribution >= 0.6 is 0 Å². The molecule has 1 aliphatic carbocycles. The Balaban J connectivity index is 1.83. The number of anilines is 1. The summed E-state index contributed by atoms with van der Waals surface area (Å²) in [5.74, 6) is 0.176. The van der Waals surface area contributed by atoms with Crippen molar-refractivity contribution in [3.8, 4) is 5.75 Å². The molecule has 1 saturated carbocycles. The normalized spacial score (nSPS) is 21.6. The van der Waals surface area contributed by atoms with Crippen molar-refractivity contribution in [1.82, 2.24) is 5.32 Å². The summed E-state index contributed by atoms with van der Waals surface area (Å²) in [5.41, 5.74) is 0.339. The van der Waals surface area contributed by atoms with Gasteiger partial charge in [-0.05, 0) is 31.2 Å². The molecular formula is C14H19FN2O3. The number of carbonyl (C=O) groups excluding carboxylic acids is 1. The van der Waals surface area contributed by atoms with E-state index in [1.165, 1.54) is 19.2 Å². The highest BCUT2D eigenvalue weighted by molar-refractivity contribution is 5.89. The molecule has 1 aromatic carbocycles. The largest absolute Gasteiger partial charge is 0.497 e. The Bertz CT molecular complexity index is 481. The number of hydrogen-bond acceptors (Lipinski definition) is 3. The van der Waals surface area contributed by atoms with E-state index in [1.54, 1.807) is 6.07 Å². The number of urea groups is 1. The van der Waals surface area contributed by atoms with E-state index in [0.29, 0.717) is 30.3 Å². The van der Waals surface area contributed by atoms with Crippen LogP contribution in [0, 0.1) is 11.7 Å². The van der Waals surface area contributed by atoms with Gasteiger partial charge in [-0.15, -0.1) is 0 Å². The van der Waals surface area contributed by atoms with Crippen LogP contribution in [0.15, 0.2) is 18.2 Å². The van der Waals surface area contributed by atoms with E-state index in [2.05, 4.69) is 10.6 Å². The number of rotatable bonds is 4. The van der Waals surface area contributed by atoms with Crippen LogP contribution < -0.4 is 15.4 Å². The van der Waals surface area contributed by atoms with Gasteiger partial charge in [0.2, 0.25) is 0 Å². The molecule has 3 N–H and O–H groups in total. The molecule has 0 aliphatic heterocycles. The number of halogens is 1. The van der Waals surface area contributed by atoms with Crippen molar-refractivity contribution < 1.29 is 19.0 Å². The minimum atomic E-state index is -0.474. The topological polar surface area (TPSA) is 70.6 Å². The average Bonchev–Trinajstić information content (AvgIpc) is 2.81. The lowest BCUT2D eigenvalue weighted by Gasteiger charge is -2.12. The first kappa shape index (κ1) is 14.6. The van der Waals surface area contributed by atoms with Crippen LogP contribution in [0.2, 0.25) is 0 Å². The smallest absolute Gasteiger partial charge is 0.319 e. The summed E-state index contributed by atoms with van der Waals surface area (Å²) in [4.78, 5) is 11.7. The standard InChI is InChI=1S/C14H19FN2O3/c1-20-13-6-10(15)5-11(7-13)17-14(19)16-8-9-2-3-12(18)4-9/h5-7,9,12,18H,2-4,8H2,1H3,(H2,16,17,19). The highest BCUT2D eigenvalue weighted by Gasteiger charge is 2.22. The van der Waals surface area contributed by atoms with Gasteiger partial charge in [-0.2, -0.15) is 0 Å². The van der Waals surface area contributed by atoms with E-state index < -0.39 is 5.82 Å². The Hall–Kier alpha value is -1.82. The molecular weight excluding hydrogens is 263 g/mol. The van der Waals surface area contributed by atoms with E-state index >= 15 is 0 Å². The molecule has 1 aliphatic rings. The number of ether oxygens (including phenoxy) is 1. The summed E-state index contributed by atoms with van der Waals surface area (Å²) < 4.78 is 18.2. The fraction of sp³-hybridized carbons (Fsp3) is 0.500. The number of nitrogens with one attached hydrogen (secondary N) is 2. The van der Waals surface area contributed by atoms with Crippen molar-refractivity contribution >= 4 is 11.7 Å². The maximum absolute atomic E-state index is 13.3. The van der Waals surface area contributed by atoms with E-state index in [1.807, 2.05) is 0 Å². The van der Waals surface area contributed by atoms with Gasteiger partial charge in [-0.1, -0.05) is 0 Å². The van der Waals surface area contributed by atoms with Gasteiger partial charge in [0.25, 0.3) is 0 Å². The minimum absolute atomic E-state index is 0.252. The highest BCUT2D eigenvalue weighted by atomic mass is 19.1. The lowest BCUT2D eigenvalue weighted by atomic mass is 10.1. The highest BCUT2D eigenvalue weighted by Crippen LogP contribution is 2.24. The van der Waals surface area contributed by atoms with Gasteiger partial charge >= 0.3 is 6.03 Å². The van der Waals surface area contributed by atoms with Gasteiger partial charge in [0.05, 0.1) is 13.2 Å². The number of methoxy groups -OCH3 is 1. The molecule has 0 spiro atoms. The minimum Gasteiger partial charge on any atom is -0.497 e. The van der Waals surface area contributed by atoms with Crippen molar-refractivity contribution in [3.05, 3.63) is 24.0 Å². The Morgan fingerprint density at radius 2 is 2.25 bits per heavy atom. The van der Waals surface area contributed by atoms with Crippen LogP contribution in [0.3, 0.4) is 0 Å². The maximum atomic E-state index is 13.3. The molecule has 0 bridgehead atoms. The number of hydrogen-bond donors (Lipinski definition) is 3. The summed E-state index contributed by atoms with van der Waals surface area (Å²) in [7, 11) is 1.43. The number of aliphatic hydroxyl groups is 1. The summed E-state index contributed by atoms with van der Waals surface area (Å²) in [6, 6.07) is 3.62. The van der Waals surface area contributed by atoms with Gasteiger partial charge in [-0.3, -0.25) is 0 Å². The summed E-state index contributed by atoms with van der Waals surface area (Å²) in [5, 5.41) is 14.7. The third kappa shape index (κ3) is 4.09. The fourth-order valence-electron chi connectivity index (χ4n) is 2.40. The van der Waals surface area contributed by atoms with Crippen molar-refractivity contribution in [2.45, 2.75) is 25.4 Å². The second-order valence-corrected chi connectivity index (χ2v) is 5.05. The van der Waals surface area contributed by atoms with Crippen molar-refractivity contribution in [2.75, 3.05) is 19.0 Å². The molecule has 2 amide bonds. The quantitative estimate of drug-likeness (QED) is 0.792. The van der Waals surface area contributed by atoms with Gasteiger partial charge < -0.3 is 20.5 Å². The zero-order valence-electron chi connectivity index (χ0n) is 11.4. The SMILES string of the molecule is COc1cc(F)cc(NC(=O)NCC2CCC(O)C2)c1. The van der Waals surface area contributed by atoms with Gasteiger partial charge in [0.1, 0.15) is 11.6 Å². The zero-order chi connectivity index (χ0) is 14.5. The molecule has 20 heavy (non-hydrogen) atoms. The second kappa shape index (κ2) is 6.56. The summed E-state index contributed by atoms with van der Waals surface area (Å²) >= 11 is 0. The molecule has 2 atom stereocenters. The molecule has 0 heterocycles. The average molecular weight is 282 g/mol.